The van der Waals surface area contributed by atoms with E-state index >= 15 is 0 Å². The van der Waals surface area contributed by atoms with E-state index in [0.29, 0.717) is 10.2 Å². The number of carbonyl (C=O) groups excluding carboxylic acids is 1. The van der Waals surface area contributed by atoms with Gasteiger partial charge in [-0.25, -0.2) is 4.79 Å². The van der Waals surface area contributed by atoms with E-state index in [9.17, 15) is 9.59 Å². The van der Waals surface area contributed by atoms with Gasteiger partial charge in [0.15, 0.2) is 0 Å². The van der Waals surface area contributed by atoms with Gasteiger partial charge in [0.25, 0.3) is 0 Å². The van der Waals surface area contributed by atoms with Crippen LogP contribution in [0.25, 0.3) is 0 Å². The zero-order valence-corrected chi connectivity index (χ0v) is 11.7. The van der Waals surface area contributed by atoms with E-state index in [2.05, 4.69) is 21.2 Å². The fraction of sp³-hybridized carbons (Fsp3) is 0.333. The Kier molecular flexibility index (Phi) is 4.86. The van der Waals surface area contributed by atoms with E-state index in [1.807, 2.05) is 13.8 Å². The second-order valence-corrected chi connectivity index (χ2v) is 5.21. The van der Waals surface area contributed by atoms with Crippen molar-refractivity contribution in [3.05, 3.63) is 28.2 Å². The van der Waals surface area contributed by atoms with Gasteiger partial charge in [-0.05, 0) is 24.1 Å². The zero-order valence-electron chi connectivity index (χ0n) is 10.1. The minimum Gasteiger partial charge on any atom is -0.478 e. The van der Waals surface area contributed by atoms with Gasteiger partial charge < -0.3 is 16.2 Å². The number of carbonyl (C=O) groups is 2. The fourth-order valence-corrected chi connectivity index (χ4v) is 1.81. The first-order valence-corrected chi connectivity index (χ1v) is 6.21. The van der Waals surface area contributed by atoms with Crippen LogP contribution in [0.5, 0.6) is 0 Å². The van der Waals surface area contributed by atoms with Gasteiger partial charge in [0.1, 0.15) is 0 Å². The molecular weight excluding hydrogens is 300 g/mol. The summed E-state index contributed by atoms with van der Waals surface area (Å²) < 4.78 is 0.579. The van der Waals surface area contributed by atoms with E-state index in [-0.39, 0.29) is 17.4 Å². The van der Waals surface area contributed by atoms with Crippen molar-refractivity contribution in [2.75, 3.05) is 5.32 Å². The Bertz CT molecular complexity index is 474. The van der Waals surface area contributed by atoms with Crippen molar-refractivity contribution in [1.82, 2.24) is 0 Å². The lowest BCUT2D eigenvalue weighted by molar-refractivity contribution is -0.118. The van der Waals surface area contributed by atoms with E-state index < -0.39 is 12.0 Å². The van der Waals surface area contributed by atoms with Gasteiger partial charge in [-0.3, -0.25) is 4.79 Å². The van der Waals surface area contributed by atoms with Gasteiger partial charge in [0, 0.05) is 10.2 Å². The predicted molar refractivity (Wildman–Crippen MR) is 72.5 cm³/mol. The summed E-state index contributed by atoms with van der Waals surface area (Å²) >= 11 is 3.19. The van der Waals surface area contributed by atoms with Crippen molar-refractivity contribution in [3.8, 4) is 0 Å². The molecule has 0 fully saturated rings. The summed E-state index contributed by atoms with van der Waals surface area (Å²) in [6.07, 6.45) is 0. The molecule has 6 heteroatoms. The normalized spacial score (nSPS) is 12.3. The molecule has 1 unspecified atom stereocenters. The molecule has 1 aromatic rings. The fourth-order valence-electron chi connectivity index (χ4n) is 1.31. The molecule has 0 aromatic heterocycles. The van der Waals surface area contributed by atoms with Gasteiger partial charge in [-0.15, -0.1) is 0 Å². The molecule has 0 saturated carbocycles. The first kappa shape index (κ1) is 14.7. The molecule has 1 rings (SSSR count). The number of nitrogens with two attached hydrogens (primary N) is 1. The first-order valence-electron chi connectivity index (χ1n) is 5.41. The molecule has 0 aliphatic heterocycles. The number of hydrogen-bond acceptors (Lipinski definition) is 3. The molecule has 0 aliphatic rings. The van der Waals surface area contributed by atoms with Crippen molar-refractivity contribution >= 4 is 33.5 Å². The van der Waals surface area contributed by atoms with Crippen molar-refractivity contribution in [2.24, 2.45) is 11.7 Å². The summed E-state index contributed by atoms with van der Waals surface area (Å²) in [4.78, 5) is 22.6. The monoisotopic (exact) mass is 314 g/mol. The van der Waals surface area contributed by atoms with Crippen molar-refractivity contribution < 1.29 is 14.7 Å². The number of hydrogen-bond donors (Lipinski definition) is 3. The smallest absolute Gasteiger partial charge is 0.335 e. The van der Waals surface area contributed by atoms with Crippen LogP contribution < -0.4 is 11.1 Å². The maximum atomic E-state index is 11.7. The third kappa shape index (κ3) is 3.82. The van der Waals surface area contributed by atoms with E-state index in [1.165, 1.54) is 12.1 Å². The molecule has 0 spiro atoms. The highest BCUT2D eigenvalue weighted by atomic mass is 79.9. The number of aromatic carboxylic acids is 1. The number of carboxylic acids is 1. The van der Waals surface area contributed by atoms with Crippen LogP contribution in [-0.4, -0.2) is 23.0 Å². The SMILES string of the molecule is CC(C)C(N)C(=O)Nc1cc(Br)cc(C(=O)O)c1. The molecule has 0 aliphatic carbocycles. The Morgan fingerprint density at radius 1 is 1.33 bits per heavy atom. The molecule has 4 N–H and O–H groups in total. The third-order valence-electron chi connectivity index (χ3n) is 2.43. The lowest BCUT2D eigenvalue weighted by Gasteiger charge is -2.15. The maximum Gasteiger partial charge on any atom is 0.335 e. The molecule has 0 saturated heterocycles. The van der Waals surface area contributed by atoms with Crippen LogP contribution in [0.1, 0.15) is 24.2 Å². The summed E-state index contributed by atoms with van der Waals surface area (Å²) in [5, 5.41) is 11.5. The minimum absolute atomic E-state index is 0.0103. The molecule has 1 atom stereocenters. The molecular formula is C12H15BrN2O3. The van der Waals surface area contributed by atoms with Gasteiger partial charge >= 0.3 is 5.97 Å². The van der Waals surface area contributed by atoms with Crippen molar-refractivity contribution in [2.45, 2.75) is 19.9 Å². The Balaban J connectivity index is 2.91. The highest BCUT2D eigenvalue weighted by molar-refractivity contribution is 9.10. The number of halogens is 1. The van der Waals surface area contributed by atoms with Crippen molar-refractivity contribution in [3.63, 3.8) is 0 Å². The summed E-state index contributed by atoms with van der Waals surface area (Å²) in [6.45, 7) is 3.68. The summed E-state index contributed by atoms with van der Waals surface area (Å²) in [6, 6.07) is 3.84. The molecule has 5 nitrogen and oxygen atoms in total. The summed E-state index contributed by atoms with van der Waals surface area (Å²) in [5.74, 6) is -1.38. The number of rotatable bonds is 4. The minimum atomic E-state index is -1.06. The summed E-state index contributed by atoms with van der Waals surface area (Å²) in [5.41, 5.74) is 6.20. The van der Waals surface area contributed by atoms with Crippen LogP contribution >= 0.6 is 15.9 Å². The zero-order chi connectivity index (χ0) is 13.9. The Morgan fingerprint density at radius 3 is 2.44 bits per heavy atom. The van der Waals surface area contributed by atoms with Gasteiger partial charge in [0.05, 0.1) is 11.6 Å². The van der Waals surface area contributed by atoms with Crippen LogP contribution in [0.2, 0.25) is 0 Å². The Morgan fingerprint density at radius 2 is 1.94 bits per heavy atom. The second kappa shape index (κ2) is 5.97. The van der Waals surface area contributed by atoms with Crippen LogP contribution in [0.15, 0.2) is 22.7 Å². The van der Waals surface area contributed by atoms with E-state index in [4.69, 9.17) is 10.8 Å². The highest BCUT2D eigenvalue weighted by Gasteiger charge is 2.17. The van der Waals surface area contributed by atoms with E-state index in [0.717, 1.165) is 0 Å². The van der Waals surface area contributed by atoms with Gasteiger partial charge in [0.2, 0.25) is 5.91 Å². The maximum absolute atomic E-state index is 11.7. The Labute approximate surface area is 113 Å². The van der Waals surface area contributed by atoms with Crippen LogP contribution in [0, 0.1) is 5.92 Å². The predicted octanol–water partition coefficient (Wildman–Crippen LogP) is 2.07. The largest absolute Gasteiger partial charge is 0.478 e. The number of nitrogens with one attached hydrogen (secondary N) is 1. The molecule has 0 radical (unpaired) electrons. The van der Waals surface area contributed by atoms with Gasteiger partial charge in [-0.1, -0.05) is 29.8 Å². The average molecular weight is 315 g/mol. The number of amides is 1. The lowest BCUT2D eigenvalue weighted by Crippen LogP contribution is -2.39. The number of anilines is 1. The average Bonchev–Trinajstić information content (AvgIpc) is 2.26. The van der Waals surface area contributed by atoms with Crippen molar-refractivity contribution in [1.29, 1.82) is 0 Å². The summed E-state index contributed by atoms with van der Waals surface area (Å²) in [7, 11) is 0. The topological polar surface area (TPSA) is 92.4 Å². The quantitative estimate of drug-likeness (QED) is 0.793. The number of benzene rings is 1. The van der Waals surface area contributed by atoms with Crippen LogP contribution in [0.3, 0.4) is 0 Å². The molecule has 1 amide bonds. The molecule has 0 heterocycles. The van der Waals surface area contributed by atoms with Gasteiger partial charge in [-0.2, -0.15) is 0 Å². The second-order valence-electron chi connectivity index (χ2n) is 4.29. The van der Waals surface area contributed by atoms with E-state index in [1.54, 1.807) is 6.07 Å². The Hall–Kier alpha value is -1.40. The third-order valence-corrected chi connectivity index (χ3v) is 2.89. The van der Waals surface area contributed by atoms with Crippen LogP contribution in [-0.2, 0) is 4.79 Å². The molecule has 1 aromatic carbocycles. The number of carboxylic acid groups (broad SMARTS) is 1. The van der Waals surface area contributed by atoms with Crippen LogP contribution in [0.4, 0.5) is 5.69 Å². The first-order chi connectivity index (χ1) is 8.31. The highest BCUT2D eigenvalue weighted by Crippen LogP contribution is 2.20. The molecule has 18 heavy (non-hydrogen) atoms. The molecule has 0 bridgehead atoms. The molecule has 98 valence electrons. The standard InChI is InChI=1S/C12H15BrN2O3/c1-6(2)10(14)11(16)15-9-4-7(12(17)18)3-8(13)5-9/h3-6,10H,14H2,1-2H3,(H,15,16)(H,17,18). The lowest BCUT2D eigenvalue weighted by atomic mass is 10.0.